The van der Waals surface area contributed by atoms with Crippen molar-refractivity contribution >= 4 is 0 Å². The van der Waals surface area contributed by atoms with Gasteiger partial charge in [0.1, 0.15) is 0 Å². The van der Waals surface area contributed by atoms with E-state index in [1.54, 1.807) is 0 Å². The van der Waals surface area contributed by atoms with E-state index in [1.807, 2.05) is 6.20 Å². The van der Waals surface area contributed by atoms with Crippen molar-refractivity contribution in [3.63, 3.8) is 0 Å². The molecule has 0 radical (unpaired) electrons. The number of hydrogen-bond acceptors (Lipinski definition) is 2. The molecule has 1 fully saturated rings. The fraction of sp³-hybridized carbons (Fsp3) is 0.643. The highest BCUT2D eigenvalue weighted by Crippen LogP contribution is 2.40. The fourth-order valence-electron chi connectivity index (χ4n) is 2.80. The number of rotatable bonds is 5. The van der Waals surface area contributed by atoms with Crippen molar-refractivity contribution in [1.29, 1.82) is 0 Å². The molecular weight excluding hydrogens is 196 g/mol. The number of hydrogen-bond donors (Lipinski definition) is 1. The van der Waals surface area contributed by atoms with Gasteiger partial charge >= 0.3 is 0 Å². The molecule has 1 aliphatic rings. The summed E-state index contributed by atoms with van der Waals surface area (Å²) in [5.41, 5.74) is 1.79. The highest BCUT2D eigenvalue weighted by atomic mass is 14.9. The molecule has 0 amide bonds. The molecule has 0 bridgehead atoms. The molecule has 1 aliphatic carbocycles. The van der Waals surface area contributed by atoms with Crippen molar-refractivity contribution in [3.05, 3.63) is 30.1 Å². The van der Waals surface area contributed by atoms with Gasteiger partial charge in [0, 0.05) is 24.4 Å². The lowest BCUT2D eigenvalue weighted by atomic mass is 9.79. The summed E-state index contributed by atoms with van der Waals surface area (Å²) in [6, 6.07) is 4.31. The van der Waals surface area contributed by atoms with E-state index in [1.165, 1.54) is 37.7 Å². The topological polar surface area (TPSA) is 24.9 Å². The Labute approximate surface area is 98.5 Å². The molecule has 1 aromatic heterocycles. The van der Waals surface area contributed by atoms with Crippen LogP contribution in [0.5, 0.6) is 0 Å². The Hall–Kier alpha value is -0.890. The molecule has 1 heterocycles. The van der Waals surface area contributed by atoms with Gasteiger partial charge in [0.15, 0.2) is 0 Å². The Morgan fingerprint density at radius 1 is 1.38 bits per heavy atom. The average molecular weight is 218 g/mol. The van der Waals surface area contributed by atoms with Crippen LogP contribution in [0, 0.1) is 0 Å². The molecule has 16 heavy (non-hydrogen) atoms. The van der Waals surface area contributed by atoms with Gasteiger partial charge in [0.25, 0.3) is 0 Å². The number of nitrogens with one attached hydrogen (secondary N) is 1. The van der Waals surface area contributed by atoms with Gasteiger partial charge in [-0.05, 0) is 37.4 Å². The molecule has 88 valence electrons. The zero-order valence-corrected chi connectivity index (χ0v) is 10.2. The average Bonchev–Trinajstić information content (AvgIpc) is 2.81. The quantitative estimate of drug-likeness (QED) is 0.769. The van der Waals surface area contributed by atoms with Crippen molar-refractivity contribution in [3.8, 4) is 0 Å². The van der Waals surface area contributed by atoms with Gasteiger partial charge in [-0.25, -0.2) is 0 Å². The maximum absolute atomic E-state index is 4.27. The molecule has 2 rings (SSSR count). The summed E-state index contributed by atoms with van der Waals surface area (Å²) >= 11 is 0. The van der Waals surface area contributed by atoms with Crippen molar-refractivity contribution in [1.82, 2.24) is 10.3 Å². The minimum Gasteiger partial charge on any atom is -0.316 e. The smallest absolute Gasteiger partial charge is 0.0306 e. The monoisotopic (exact) mass is 218 g/mol. The highest BCUT2D eigenvalue weighted by molar-refractivity contribution is 5.24. The first kappa shape index (κ1) is 11.6. The van der Waals surface area contributed by atoms with E-state index < -0.39 is 0 Å². The summed E-state index contributed by atoms with van der Waals surface area (Å²) in [6.45, 7) is 4.47. The molecule has 1 N–H and O–H groups in total. The molecule has 2 nitrogen and oxygen atoms in total. The Bertz CT molecular complexity index is 302. The summed E-state index contributed by atoms with van der Waals surface area (Å²) in [5.74, 6) is 0. The maximum atomic E-state index is 4.27. The van der Waals surface area contributed by atoms with Crippen LogP contribution in [0.4, 0.5) is 0 Å². The molecular formula is C14H22N2. The molecule has 2 heteroatoms. The fourth-order valence-corrected chi connectivity index (χ4v) is 2.80. The second-order valence-electron chi connectivity index (χ2n) is 4.91. The third-order valence-corrected chi connectivity index (χ3v) is 3.72. The van der Waals surface area contributed by atoms with E-state index in [2.05, 4.69) is 35.6 Å². The summed E-state index contributed by atoms with van der Waals surface area (Å²) in [5, 5.41) is 3.59. The molecule has 0 aliphatic heterocycles. The zero-order valence-electron chi connectivity index (χ0n) is 10.2. The van der Waals surface area contributed by atoms with Crippen LogP contribution in [0.25, 0.3) is 0 Å². The van der Waals surface area contributed by atoms with Gasteiger partial charge in [-0.15, -0.1) is 0 Å². The standard InChI is InChI=1S/C14H22N2/c1-2-9-16-12-14(7-3-4-8-14)13-6-5-10-15-11-13/h5-6,10-11,16H,2-4,7-9,12H2,1H3. The highest BCUT2D eigenvalue weighted by Gasteiger charge is 2.35. The van der Waals surface area contributed by atoms with Crippen LogP contribution in [0.3, 0.4) is 0 Å². The molecule has 0 unspecified atom stereocenters. The van der Waals surface area contributed by atoms with Crippen LogP contribution in [0.2, 0.25) is 0 Å². The van der Waals surface area contributed by atoms with E-state index in [0.29, 0.717) is 5.41 Å². The lowest BCUT2D eigenvalue weighted by Gasteiger charge is -2.29. The van der Waals surface area contributed by atoms with Crippen molar-refractivity contribution < 1.29 is 0 Å². The summed E-state index contributed by atoms with van der Waals surface area (Å²) in [4.78, 5) is 4.27. The Morgan fingerprint density at radius 3 is 2.81 bits per heavy atom. The van der Waals surface area contributed by atoms with Crippen molar-refractivity contribution in [2.75, 3.05) is 13.1 Å². The predicted molar refractivity (Wildman–Crippen MR) is 67.5 cm³/mol. The third-order valence-electron chi connectivity index (χ3n) is 3.72. The van der Waals surface area contributed by atoms with Gasteiger partial charge < -0.3 is 5.32 Å². The van der Waals surface area contributed by atoms with Crippen LogP contribution < -0.4 is 5.32 Å². The summed E-state index contributed by atoms with van der Waals surface area (Å²) < 4.78 is 0. The molecule has 1 saturated carbocycles. The number of aromatic nitrogens is 1. The Balaban J connectivity index is 2.09. The zero-order chi connectivity index (χ0) is 11.3. The molecule has 0 aromatic carbocycles. The van der Waals surface area contributed by atoms with E-state index in [0.717, 1.165) is 13.1 Å². The molecule has 0 saturated heterocycles. The SMILES string of the molecule is CCCNCC1(c2cccnc2)CCCC1. The van der Waals surface area contributed by atoms with Crippen LogP contribution in [0.1, 0.15) is 44.6 Å². The Morgan fingerprint density at radius 2 is 2.19 bits per heavy atom. The second kappa shape index (κ2) is 5.44. The van der Waals surface area contributed by atoms with Crippen molar-refractivity contribution in [2.45, 2.75) is 44.4 Å². The van der Waals surface area contributed by atoms with Gasteiger partial charge in [0.05, 0.1) is 0 Å². The van der Waals surface area contributed by atoms with Crippen LogP contribution in [-0.4, -0.2) is 18.1 Å². The second-order valence-corrected chi connectivity index (χ2v) is 4.91. The predicted octanol–water partition coefficient (Wildman–Crippen LogP) is 2.89. The first-order valence-corrected chi connectivity index (χ1v) is 6.49. The van der Waals surface area contributed by atoms with E-state index >= 15 is 0 Å². The lowest BCUT2D eigenvalue weighted by molar-refractivity contribution is 0.404. The minimum atomic E-state index is 0.365. The van der Waals surface area contributed by atoms with E-state index in [-0.39, 0.29) is 0 Å². The maximum Gasteiger partial charge on any atom is 0.0306 e. The Kier molecular flexibility index (Phi) is 3.94. The lowest BCUT2D eigenvalue weighted by Crippen LogP contribution is -2.36. The van der Waals surface area contributed by atoms with Gasteiger partial charge in [-0.1, -0.05) is 25.8 Å². The van der Waals surface area contributed by atoms with Crippen LogP contribution in [-0.2, 0) is 5.41 Å². The van der Waals surface area contributed by atoms with Crippen LogP contribution >= 0.6 is 0 Å². The van der Waals surface area contributed by atoms with E-state index in [4.69, 9.17) is 0 Å². The molecule has 0 spiro atoms. The normalized spacial score (nSPS) is 18.8. The van der Waals surface area contributed by atoms with E-state index in [9.17, 15) is 0 Å². The third kappa shape index (κ3) is 2.43. The van der Waals surface area contributed by atoms with Gasteiger partial charge in [0.2, 0.25) is 0 Å². The first-order valence-electron chi connectivity index (χ1n) is 6.49. The number of pyridine rings is 1. The largest absolute Gasteiger partial charge is 0.316 e. The van der Waals surface area contributed by atoms with Gasteiger partial charge in [-0.2, -0.15) is 0 Å². The molecule has 0 atom stereocenters. The minimum absolute atomic E-state index is 0.365. The summed E-state index contributed by atoms with van der Waals surface area (Å²) in [7, 11) is 0. The molecule has 1 aromatic rings. The van der Waals surface area contributed by atoms with Crippen LogP contribution in [0.15, 0.2) is 24.5 Å². The van der Waals surface area contributed by atoms with Crippen molar-refractivity contribution in [2.24, 2.45) is 0 Å². The van der Waals surface area contributed by atoms with Gasteiger partial charge in [-0.3, -0.25) is 4.98 Å². The summed E-state index contributed by atoms with van der Waals surface area (Å²) in [6.07, 6.45) is 10.5. The number of nitrogens with zero attached hydrogens (tertiary/aromatic N) is 1. The first-order chi connectivity index (χ1) is 7.87.